The molecular formula is C16H31NO. The normalized spacial score (nSPS) is 39.2. The van der Waals surface area contributed by atoms with Crippen LogP contribution in [0.4, 0.5) is 0 Å². The summed E-state index contributed by atoms with van der Waals surface area (Å²) in [6, 6.07) is 1.15. The Balaban J connectivity index is 2.05. The van der Waals surface area contributed by atoms with E-state index in [0.717, 1.165) is 19.0 Å². The van der Waals surface area contributed by atoms with Gasteiger partial charge in [0.15, 0.2) is 0 Å². The fourth-order valence-corrected chi connectivity index (χ4v) is 4.47. The van der Waals surface area contributed by atoms with Gasteiger partial charge in [0, 0.05) is 12.1 Å². The minimum absolute atomic E-state index is 0.106. The fourth-order valence-electron chi connectivity index (χ4n) is 4.47. The van der Waals surface area contributed by atoms with Gasteiger partial charge < -0.3 is 5.11 Å². The lowest BCUT2D eigenvalue weighted by molar-refractivity contribution is -0.0457. The SMILES string of the molecule is CCN(C1CCCCC1)C1C(C)CC(C)CC1O. The van der Waals surface area contributed by atoms with Crippen LogP contribution in [0, 0.1) is 11.8 Å². The largest absolute Gasteiger partial charge is 0.391 e. The monoisotopic (exact) mass is 253 g/mol. The van der Waals surface area contributed by atoms with Crippen LogP contribution in [0.25, 0.3) is 0 Å². The maximum atomic E-state index is 10.5. The molecule has 0 radical (unpaired) electrons. The molecule has 0 saturated heterocycles. The summed E-state index contributed by atoms with van der Waals surface area (Å²) in [6.45, 7) is 8.00. The van der Waals surface area contributed by atoms with Crippen molar-refractivity contribution < 1.29 is 5.11 Å². The topological polar surface area (TPSA) is 23.5 Å². The van der Waals surface area contributed by atoms with Crippen LogP contribution in [-0.2, 0) is 0 Å². The second-order valence-corrected chi connectivity index (χ2v) is 6.73. The Bertz CT molecular complexity index is 237. The van der Waals surface area contributed by atoms with E-state index in [4.69, 9.17) is 0 Å². The molecule has 0 bridgehead atoms. The minimum Gasteiger partial charge on any atom is -0.391 e. The third kappa shape index (κ3) is 3.08. The zero-order chi connectivity index (χ0) is 13.1. The van der Waals surface area contributed by atoms with Gasteiger partial charge in [-0.15, -0.1) is 0 Å². The van der Waals surface area contributed by atoms with E-state index in [1.165, 1.54) is 38.5 Å². The molecule has 0 aromatic rings. The van der Waals surface area contributed by atoms with E-state index < -0.39 is 0 Å². The van der Waals surface area contributed by atoms with Crippen LogP contribution in [0.5, 0.6) is 0 Å². The Morgan fingerprint density at radius 2 is 1.72 bits per heavy atom. The lowest BCUT2D eigenvalue weighted by Gasteiger charge is -2.47. The van der Waals surface area contributed by atoms with Crippen molar-refractivity contribution in [2.75, 3.05) is 6.54 Å². The Morgan fingerprint density at radius 1 is 1.06 bits per heavy atom. The number of hydrogen-bond donors (Lipinski definition) is 1. The first-order chi connectivity index (χ1) is 8.63. The lowest BCUT2D eigenvalue weighted by atomic mass is 9.76. The lowest BCUT2D eigenvalue weighted by Crippen LogP contribution is -2.55. The van der Waals surface area contributed by atoms with Gasteiger partial charge in [-0.2, -0.15) is 0 Å². The summed E-state index contributed by atoms with van der Waals surface area (Å²) in [7, 11) is 0. The third-order valence-corrected chi connectivity index (χ3v) is 5.19. The molecule has 2 nitrogen and oxygen atoms in total. The van der Waals surface area contributed by atoms with E-state index in [2.05, 4.69) is 25.7 Å². The van der Waals surface area contributed by atoms with Crippen LogP contribution in [-0.4, -0.2) is 34.7 Å². The molecule has 0 spiro atoms. The second-order valence-electron chi connectivity index (χ2n) is 6.73. The van der Waals surface area contributed by atoms with Crippen molar-refractivity contribution >= 4 is 0 Å². The fraction of sp³-hybridized carbons (Fsp3) is 1.00. The van der Waals surface area contributed by atoms with Gasteiger partial charge in [-0.1, -0.05) is 40.0 Å². The Morgan fingerprint density at radius 3 is 2.28 bits per heavy atom. The molecular weight excluding hydrogens is 222 g/mol. The molecule has 0 aliphatic heterocycles. The molecule has 4 unspecified atom stereocenters. The average Bonchev–Trinajstić information content (AvgIpc) is 2.34. The number of aliphatic hydroxyl groups is 1. The first-order valence-electron chi connectivity index (χ1n) is 8.07. The number of rotatable bonds is 3. The minimum atomic E-state index is -0.106. The summed E-state index contributed by atoms with van der Waals surface area (Å²) in [5.74, 6) is 1.34. The van der Waals surface area contributed by atoms with E-state index in [1.54, 1.807) is 0 Å². The van der Waals surface area contributed by atoms with Crippen molar-refractivity contribution in [2.45, 2.75) is 83.9 Å². The smallest absolute Gasteiger partial charge is 0.0700 e. The molecule has 18 heavy (non-hydrogen) atoms. The van der Waals surface area contributed by atoms with E-state index in [9.17, 15) is 5.11 Å². The zero-order valence-corrected chi connectivity index (χ0v) is 12.4. The van der Waals surface area contributed by atoms with Crippen molar-refractivity contribution in [2.24, 2.45) is 11.8 Å². The molecule has 2 rings (SSSR count). The molecule has 1 N–H and O–H groups in total. The van der Waals surface area contributed by atoms with E-state index in [0.29, 0.717) is 17.9 Å². The summed E-state index contributed by atoms with van der Waals surface area (Å²) in [5.41, 5.74) is 0. The summed E-state index contributed by atoms with van der Waals surface area (Å²) in [6.07, 6.45) is 9.05. The van der Waals surface area contributed by atoms with E-state index in [1.807, 2.05) is 0 Å². The van der Waals surface area contributed by atoms with Gasteiger partial charge in [-0.25, -0.2) is 0 Å². The quantitative estimate of drug-likeness (QED) is 0.833. The molecule has 2 aliphatic carbocycles. The highest BCUT2D eigenvalue weighted by Crippen LogP contribution is 2.35. The van der Waals surface area contributed by atoms with Crippen LogP contribution >= 0.6 is 0 Å². The van der Waals surface area contributed by atoms with Crippen LogP contribution in [0.3, 0.4) is 0 Å². The molecule has 4 atom stereocenters. The molecule has 0 aromatic carbocycles. The van der Waals surface area contributed by atoms with Gasteiger partial charge in [0.25, 0.3) is 0 Å². The Labute approximate surface area is 113 Å². The van der Waals surface area contributed by atoms with Crippen molar-refractivity contribution in [3.63, 3.8) is 0 Å². The number of nitrogens with zero attached hydrogens (tertiary/aromatic N) is 1. The molecule has 106 valence electrons. The predicted octanol–water partition coefficient (Wildman–Crippen LogP) is 3.44. The molecule has 2 heteroatoms. The Hall–Kier alpha value is -0.0800. The zero-order valence-electron chi connectivity index (χ0n) is 12.4. The summed E-state index contributed by atoms with van der Waals surface area (Å²) >= 11 is 0. The Kier molecular flexibility index (Phi) is 5.08. The van der Waals surface area contributed by atoms with E-state index >= 15 is 0 Å². The molecule has 0 amide bonds. The highest BCUT2D eigenvalue weighted by molar-refractivity contribution is 4.92. The standard InChI is InChI=1S/C16H31NO/c1-4-17(14-8-6-5-7-9-14)16-13(3)10-12(2)11-15(16)18/h12-16,18H,4-11H2,1-3H3. The number of aliphatic hydroxyl groups excluding tert-OH is 1. The van der Waals surface area contributed by atoms with Gasteiger partial charge in [0.1, 0.15) is 0 Å². The van der Waals surface area contributed by atoms with Gasteiger partial charge in [0.05, 0.1) is 6.10 Å². The predicted molar refractivity (Wildman–Crippen MR) is 76.6 cm³/mol. The second kappa shape index (κ2) is 6.38. The average molecular weight is 253 g/mol. The van der Waals surface area contributed by atoms with Crippen molar-refractivity contribution in [1.82, 2.24) is 4.90 Å². The van der Waals surface area contributed by atoms with Crippen LogP contribution in [0.15, 0.2) is 0 Å². The maximum absolute atomic E-state index is 10.5. The molecule has 2 aliphatic rings. The third-order valence-electron chi connectivity index (χ3n) is 5.19. The summed E-state index contributed by atoms with van der Waals surface area (Å²) < 4.78 is 0. The van der Waals surface area contributed by atoms with Crippen LogP contribution in [0.1, 0.15) is 65.7 Å². The molecule has 0 heterocycles. The molecule has 2 fully saturated rings. The first-order valence-corrected chi connectivity index (χ1v) is 8.07. The maximum Gasteiger partial charge on any atom is 0.0700 e. The van der Waals surface area contributed by atoms with Crippen molar-refractivity contribution in [3.05, 3.63) is 0 Å². The van der Waals surface area contributed by atoms with Crippen LogP contribution in [0.2, 0.25) is 0 Å². The number of hydrogen-bond acceptors (Lipinski definition) is 2. The van der Waals surface area contributed by atoms with Crippen molar-refractivity contribution in [3.8, 4) is 0 Å². The van der Waals surface area contributed by atoms with Gasteiger partial charge in [-0.05, 0) is 44.1 Å². The number of likely N-dealkylation sites (N-methyl/N-ethyl adjacent to an activating group) is 1. The van der Waals surface area contributed by atoms with Crippen LogP contribution < -0.4 is 0 Å². The van der Waals surface area contributed by atoms with Gasteiger partial charge in [-0.3, -0.25) is 4.90 Å². The van der Waals surface area contributed by atoms with Crippen molar-refractivity contribution in [1.29, 1.82) is 0 Å². The van der Waals surface area contributed by atoms with Gasteiger partial charge >= 0.3 is 0 Å². The molecule has 2 saturated carbocycles. The highest BCUT2D eigenvalue weighted by Gasteiger charge is 2.38. The molecule has 0 aromatic heterocycles. The first kappa shape index (κ1) is 14.3. The van der Waals surface area contributed by atoms with E-state index in [-0.39, 0.29) is 6.10 Å². The van der Waals surface area contributed by atoms with Gasteiger partial charge in [0.2, 0.25) is 0 Å². The summed E-state index contributed by atoms with van der Waals surface area (Å²) in [4.78, 5) is 2.64. The summed E-state index contributed by atoms with van der Waals surface area (Å²) in [5, 5.41) is 10.5. The highest BCUT2D eigenvalue weighted by atomic mass is 16.3.